The molecule has 0 fully saturated rings. The lowest BCUT2D eigenvalue weighted by molar-refractivity contribution is -0.384. The van der Waals surface area contributed by atoms with Crippen molar-refractivity contribution >= 4 is 5.69 Å². The molecule has 0 heterocycles. The lowest BCUT2D eigenvalue weighted by atomic mass is 10.2. The Morgan fingerprint density at radius 1 is 1.10 bits per heavy atom. The Morgan fingerprint density at radius 3 is 2.35 bits per heavy atom. The maximum absolute atomic E-state index is 10.6. The minimum absolute atomic E-state index is 0.0546. The molecule has 0 N–H and O–H groups in total. The summed E-state index contributed by atoms with van der Waals surface area (Å²) < 4.78 is 5.80. The predicted octanol–water partition coefficient (Wildman–Crippen LogP) is 3.45. The highest BCUT2D eigenvalue weighted by molar-refractivity contribution is 5.41. The summed E-state index contributed by atoms with van der Waals surface area (Å²) in [4.78, 5) is 12.2. The molecule has 5 nitrogen and oxygen atoms in total. The molecule has 5 heteroatoms. The van der Waals surface area contributed by atoms with E-state index in [2.05, 4.69) is 4.90 Å². The highest BCUT2D eigenvalue weighted by atomic mass is 16.6. The second kappa shape index (κ2) is 6.16. The summed E-state index contributed by atoms with van der Waals surface area (Å²) in [5.41, 5.74) is 1.12. The molecule has 0 aliphatic carbocycles. The van der Waals surface area contributed by atoms with Gasteiger partial charge in [-0.1, -0.05) is 18.2 Å². The van der Waals surface area contributed by atoms with Crippen molar-refractivity contribution in [2.75, 3.05) is 14.1 Å². The summed E-state index contributed by atoms with van der Waals surface area (Å²) in [6.45, 7) is 0.767. The smallest absolute Gasteiger partial charge is 0.269 e. The first-order valence-corrected chi connectivity index (χ1v) is 6.21. The van der Waals surface area contributed by atoms with Gasteiger partial charge in [0.1, 0.15) is 11.5 Å². The molecular weight excluding hydrogens is 256 g/mol. The standard InChI is InChI=1S/C15H16N2O3/c1-16(2)11-12-5-3-4-6-15(12)20-14-9-7-13(8-10-14)17(18)19/h3-10H,11H2,1-2H3. The summed E-state index contributed by atoms with van der Waals surface area (Å²) in [6.07, 6.45) is 0. The molecule has 2 aromatic carbocycles. The van der Waals surface area contributed by atoms with E-state index in [0.29, 0.717) is 5.75 Å². The predicted molar refractivity (Wildman–Crippen MR) is 77.0 cm³/mol. The van der Waals surface area contributed by atoms with Crippen molar-refractivity contribution < 1.29 is 9.66 Å². The summed E-state index contributed by atoms with van der Waals surface area (Å²) >= 11 is 0. The van der Waals surface area contributed by atoms with Crippen molar-refractivity contribution in [1.82, 2.24) is 4.90 Å². The zero-order valence-electron chi connectivity index (χ0n) is 11.4. The fourth-order valence-corrected chi connectivity index (χ4v) is 1.84. The third-order valence-electron chi connectivity index (χ3n) is 2.73. The van der Waals surface area contributed by atoms with Crippen LogP contribution in [0.4, 0.5) is 5.69 Å². The molecule has 0 aliphatic heterocycles. The molecule has 20 heavy (non-hydrogen) atoms. The second-order valence-corrected chi connectivity index (χ2v) is 4.70. The van der Waals surface area contributed by atoms with Crippen LogP contribution in [0.2, 0.25) is 0 Å². The summed E-state index contributed by atoms with van der Waals surface area (Å²) in [6, 6.07) is 13.8. The average Bonchev–Trinajstić information content (AvgIpc) is 2.41. The number of hydrogen-bond acceptors (Lipinski definition) is 4. The molecule has 2 aromatic rings. The summed E-state index contributed by atoms with van der Waals surface area (Å²) in [5.74, 6) is 1.34. The van der Waals surface area contributed by atoms with E-state index in [-0.39, 0.29) is 5.69 Å². The Bertz CT molecular complexity index is 594. The van der Waals surface area contributed by atoms with Crippen LogP contribution in [0, 0.1) is 10.1 Å². The number of nitro benzene ring substituents is 1. The maximum Gasteiger partial charge on any atom is 0.269 e. The highest BCUT2D eigenvalue weighted by Gasteiger charge is 2.08. The average molecular weight is 272 g/mol. The summed E-state index contributed by atoms with van der Waals surface area (Å²) in [7, 11) is 3.98. The number of para-hydroxylation sites is 1. The van der Waals surface area contributed by atoms with Crippen LogP contribution in [-0.2, 0) is 6.54 Å². The first kappa shape index (κ1) is 14.0. The van der Waals surface area contributed by atoms with E-state index in [9.17, 15) is 10.1 Å². The van der Waals surface area contributed by atoms with Crippen molar-refractivity contribution in [1.29, 1.82) is 0 Å². The summed E-state index contributed by atoms with van der Waals surface area (Å²) in [5, 5.41) is 10.6. The van der Waals surface area contributed by atoms with Gasteiger partial charge in [0.2, 0.25) is 0 Å². The van der Waals surface area contributed by atoms with Crippen LogP contribution in [0.1, 0.15) is 5.56 Å². The van der Waals surface area contributed by atoms with Crippen molar-refractivity contribution in [3.05, 3.63) is 64.2 Å². The Balaban J connectivity index is 2.19. The zero-order chi connectivity index (χ0) is 14.5. The molecule has 0 amide bonds. The van der Waals surface area contributed by atoms with Crippen LogP contribution in [0.15, 0.2) is 48.5 Å². The minimum atomic E-state index is -0.427. The second-order valence-electron chi connectivity index (χ2n) is 4.70. The maximum atomic E-state index is 10.6. The van der Waals surface area contributed by atoms with Crippen molar-refractivity contribution in [3.8, 4) is 11.5 Å². The SMILES string of the molecule is CN(C)Cc1ccccc1Oc1ccc([N+](=O)[O-])cc1. The zero-order valence-corrected chi connectivity index (χ0v) is 11.4. The Kier molecular flexibility index (Phi) is 4.32. The Hall–Kier alpha value is -2.40. The molecule has 104 valence electrons. The fraction of sp³-hybridized carbons (Fsp3) is 0.200. The fourth-order valence-electron chi connectivity index (χ4n) is 1.84. The van der Waals surface area contributed by atoms with E-state index in [0.717, 1.165) is 17.9 Å². The molecule has 0 spiro atoms. The monoisotopic (exact) mass is 272 g/mol. The third-order valence-corrected chi connectivity index (χ3v) is 2.73. The van der Waals surface area contributed by atoms with Gasteiger partial charge in [0, 0.05) is 24.2 Å². The van der Waals surface area contributed by atoms with E-state index >= 15 is 0 Å². The molecular formula is C15H16N2O3. The molecule has 2 rings (SSSR count). The number of hydrogen-bond donors (Lipinski definition) is 0. The van der Waals surface area contributed by atoms with Gasteiger partial charge in [-0.15, -0.1) is 0 Å². The number of ether oxygens (including phenoxy) is 1. The van der Waals surface area contributed by atoms with Gasteiger partial charge in [-0.3, -0.25) is 10.1 Å². The van der Waals surface area contributed by atoms with Gasteiger partial charge < -0.3 is 9.64 Å². The van der Waals surface area contributed by atoms with E-state index in [1.54, 1.807) is 12.1 Å². The first-order chi connectivity index (χ1) is 9.56. The van der Waals surface area contributed by atoms with Gasteiger partial charge in [0.25, 0.3) is 5.69 Å². The molecule has 0 atom stereocenters. The lowest BCUT2D eigenvalue weighted by Gasteiger charge is -2.14. The van der Waals surface area contributed by atoms with Gasteiger partial charge in [-0.05, 0) is 32.3 Å². The van der Waals surface area contributed by atoms with Crippen molar-refractivity contribution in [2.24, 2.45) is 0 Å². The van der Waals surface area contributed by atoms with Crippen LogP contribution in [0.25, 0.3) is 0 Å². The first-order valence-electron chi connectivity index (χ1n) is 6.21. The Morgan fingerprint density at radius 2 is 1.75 bits per heavy atom. The van der Waals surface area contributed by atoms with Crippen LogP contribution in [0.5, 0.6) is 11.5 Å². The number of non-ortho nitro benzene ring substituents is 1. The minimum Gasteiger partial charge on any atom is -0.457 e. The van der Waals surface area contributed by atoms with Crippen LogP contribution >= 0.6 is 0 Å². The number of nitro groups is 1. The van der Waals surface area contributed by atoms with Crippen LogP contribution in [0.3, 0.4) is 0 Å². The van der Waals surface area contributed by atoms with Gasteiger partial charge in [0.15, 0.2) is 0 Å². The quantitative estimate of drug-likeness (QED) is 0.618. The topological polar surface area (TPSA) is 55.6 Å². The normalized spacial score (nSPS) is 10.6. The molecule has 0 radical (unpaired) electrons. The van der Waals surface area contributed by atoms with Crippen molar-refractivity contribution in [3.63, 3.8) is 0 Å². The van der Waals surface area contributed by atoms with E-state index in [4.69, 9.17) is 4.74 Å². The molecule has 0 saturated carbocycles. The molecule has 0 bridgehead atoms. The molecule has 0 aromatic heterocycles. The molecule has 0 saturated heterocycles. The number of nitrogens with zero attached hydrogens (tertiary/aromatic N) is 2. The van der Waals surface area contributed by atoms with Crippen molar-refractivity contribution in [2.45, 2.75) is 6.54 Å². The van der Waals surface area contributed by atoms with E-state index < -0.39 is 4.92 Å². The van der Waals surface area contributed by atoms with E-state index in [1.165, 1.54) is 12.1 Å². The third kappa shape index (κ3) is 3.55. The van der Waals surface area contributed by atoms with E-state index in [1.807, 2.05) is 38.4 Å². The largest absolute Gasteiger partial charge is 0.457 e. The Labute approximate surface area is 117 Å². The number of rotatable bonds is 5. The van der Waals surface area contributed by atoms with Gasteiger partial charge >= 0.3 is 0 Å². The lowest BCUT2D eigenvalue weighted by Crippen LogP contribution is -2.11. The molecule has 0 aliphatic rings. The molecule has 0 unspecified atom stereocenters. The van der Waals surface area contributed by atoms with Gasteiger partial charge in [0.05, 0.1) is 4.92 Å². The van der Waals surface area contributed by atoms with Gasteiger partial charge in [-0.25, -0.2) is 0 Å². The highest BCUT2D eigenvalue weighted by Crippen LogP contribution is 2.27. The van der Waals surface area contributed by atoms with Gasteiger partial charge in [-0.2, -0.15) is 0 Å². The van der Waals surface area contributed by atoms with Crippen LogP contribution < -0.4 is 4.74 Å². The van der Waals surface area contributed by atoms with Crippen LogP contribution in [-0.4, -0.2) is 23.9 Å². The number of benzene rings is 2.